The summed E-state index contributed by atoms with van der Waals surface area (Å²) in [6.07, 6.45) is 0.852. The summed E-state index contributed by atoms with van der Waals surface area (Å²) in [6, 6.07) is 24.8. The second-order valence-corrected chi connectivity index (χ2v) is 9.48. The van der Waals surface area contributed by atoms with Crippen LogP contribution in [-0.2, 0) is 6.42 Å². The number of nitrogens with zero attached hydrogens (tertiary/aromatic N) is 1. The van der Waals surface area contributed by atoms with E-state index in [1.54, 1.807) is 19.1 Å². The molecule has 0 radical (unpaired) electrons. The Morgan fingerprint density at radius 2 is 1.90 bits per heavy atom. The lowest BCUT2D eigenvalue weighted by molar-refractivity contribution is 0.414. The van der Waals surface area contributed by atoms with Gasteiger partial charge in [0.1, 0.15) is 11.6 Å². The average molecular weight is 451 g/mol. The Bertz CT molecular complexity index is 1040. The van der Waals surface area contributed by atoms with Crippen LogP contribution in [0.1, 0.15) is 11.1 Å². The molecule has 1 heterocycles. The van der Waals surface area contributed by atoms with Gasteiger partial charge in [-0.2, -0.15) is 0 Å². The lowest BCUT2D eigenvalue weighted by Crippen LogP contribution is -2.44. The molecule has 7 heteroatoms. The van der Waals surface area contributed by atoms with Gasteiger partial charge in [0.15, 0.2) is 0 Å². The molecular weight excluding hydrogens is 424 g/mol. The lowest BCUT2D eigenvalue weighted by atomic mass is 10.0. The van der Waals surface area contributed by atoms with E-state index in [9.17, 15) is 0 Å². The largest absolute Gasteiger partial charge is 0.497 e. The number of nitrogens with two attached hydrogens (primary N) is 1. The molecule has 0 aromatic heterocycles. The molecule has 0 spiro atoms. The van der Waals surface area contributed by atoms with E-state index in [-0.39, 0.29) is 17.3 Å². The smallest absolute Gasteiger partial charge is 0.122 e. The monoisotopic (exact) mass is 450 g/mol. The average Bonchev–Trinajstić information content (AvgIpc) is 3.13. The van der Waals surface area contributed by atoms with Crippen molar-refractivity contribution in [2.75, 3.05) is 19.1 Å². The molecule has 2 atom stereocenters. The fourth-order valence-electron chi connectivity index (χ4n) is 3.61. The molecule has 1 aliphatic rings. The van der Waals surface area contributed by atoms with Crippen LogP contribution in [0.4, 0.5) is 5.69 Å². The first kappa shape index (κ1) is 21.6. The number of nitrogen functional groups attached to an aromatic ring is 1. The van der Waals surface area contributed by atoms with Crippen LogP contribution in [0.5, 0.6) is 5.75 Å². The molecule has 5 nitrogen and oxygen atoms in total. The zero-order chi connectivity index (χ0) is 21.8. The molecule has 0 fully saturated rings. The van der Waals surface area contributed by atoms with Crippen LogP contribution < -0.4 is 20.1 Å². The molecule has 3 aromatic carbocycles. The predicted octanol–water partition coefficient (Wildman–Crippen LogP) is 4.76. The number of hydrogen-bond acceptors (Lipinski definition) is 6. The van der Waals surface area contributed by atoms with Crippen LogP contribution in [0.2, 0.25) is 0 Å². The standard InChI is InChI=1S/C24H26N4OS2/c1-28-21-13-12-18(29-2)15-22(21)30-24(28)20(27-31-19-6-4-3-5-7-19)14-16-8-10-17(11-9-16)23(25)26/h3-13,15,20,24,27H,14H2,1-2H3,(H3,25,26)/t20-,24?/m1/s1. The van der Waals surface area contributed by atoms with Crippen molar-refractivity contribution in [2.24, 2.45) is 5.73 Å². The van der Waals surface area contributed by atoms with E-state index in [2.05, 4.69) is 65.2 Å². The number of hydrogen-bond donors (Lipinski definition) is 3. The number of anilines is 1. The maximum absolute atomic E-state index is 7.62. The molecule has 0 saturated heterocycles. The molecule has 0 amide bonds. The van der Waals surface area contributed by atoms with Crippen LogP contribution in [0, 0.1) is 5.41 Å². The van der Waals surface area contributed by atoms with Gasteiger partial charge in [-0.1, -0.05) is 54.2 Å². The Kier molecular flexibility index (Phi) is 6.75. The van der Waals surface area contributed by atoms with Gasteiger partial charge in [-0.15, -0.1) is 0 Å². The van der Waals surface area contributed by atoms with Gasteiger partial charge in [-0.3, -0.25) is 10.1 Å². The van der Waals surface area contributed by atoms with Crippen molar-refractivity contribution in [1.29, 1.82) is 5.41 Å². The molecule has 4 rings (SSSR count). The third-order valence-corrected chi connectivity index (χ3v) is 7.71. The highest BCUT2D eigenvalue weighted by atomic mass is 32.2. The molecule has 31 heavy (non-hydrogen) atoms. The minimum Gasteiger partial charge on any atom is -0.497 e. The summed E-state index contributed by atoms with van der Waals surface area (Å²) in [7, 11) is 3.85. The molecule has 1 aliphatic heterocycles. The van der Waals surface area contributed by atoms with Gasteiger partial charge in [0.25, 0.3) is 0 Å². The first-order valence-corrected chi connectivity index (χ1v) is 11.7. The summed E-state index contributed by atoms with van der Waals surface area (Å²) in [5, 5.41) is 7.85. The summed E-state index contributed by atoms with van der Waals surface area (Å²) >= 11 is 3.52. The van der Waals surface area contributed by atoms with E-state index in [0.29, 0.717) is 0 Å². The quantitative estimate of drug-likeness (QED) is 0.261. The predicted molar refractivity (Wildman–Crippen MR) is 131 cm³/mol. The second-order valence-electron chi connectivity index (χ2n) is 7.41. The normalized spacial score (nSPS) is 16.1. The third kappa shape index (κ3) is 5.01. The molecular formula is C24H26N4OS2. The van der Waals surface area contributed by atoms with Crippen molar-refractivity contribution < 1.29 is 4.74 Å². The van der Waals surface area contributed by atoms with Crippen molar-refractivity contribution in [3.05, 3.63) is 83.9 Å². The number of likely N-dealkylation sites (N-methyl/N-ethyl adjacent to an activating group) is 1. The van der Waals surface area contributed by atoms with Gasteiger partial charge in [0.2, 0.25) is 0 Å². The van der Waals surface area contributed by atoms with Crippen molar-refractivity contribution in [3.8, 4) is 5.75 Å². The highest BCUT2D eigenvalue weighted by molar-refractivity contribution is 8.00. The van der Waals surface area contributed by atoms with Gasteiger partial charge in [-0.25, -0.2) is 0 Å². The third-order valence-electron chi connectivity index (χ3n) is 5.31. The molecule has 0 aliphatic carbocycles. The second kappa shape index (κ2) is 9.68. The zero-order valence-electron chi connectivity index (χ0n) is 17.5. The van der Waals surface area contributed by atoms with Crippen LogP contribution >= 0.6 is 23.7 Å². The highest BCUT2D eigenvalue weighted by Crippen LogP contribution is 2.46. The van der Waals surface area contributed by atoms with E-state index in [1.165, 1.54) is 21.0 Å². The number of thioether (sulfide) groups is 1. The van der Waals surface area contributed by atoms with Gasteiger partial charge in [0.05, 0.1) is 24.2 Å². The minimum atomic E-state index is 0.0938. The van der Waals surface area contributed by atoms with E-state index in [4.69, 9.17) is 15.9 Å². The molecule has 160 valence electrons. The van der Waals surface area contributed by atoms with Gasteiger partial charge in [-0.05, 0) is 54.3 Å². The lowest BCUT2D eigenvalue weighted by Gasteiger charge is -2.30. The van der Waals surface area contributed by atoms with Crippen molar-refractivity contribution in [2.45, 2.75) is 27.6 Å². The van der Waals surface area contributed by atoms with E-state index >= 15 is 0 Å². The topological polar surface area (TPSA) is 74.4 Å². The highest BCUT2D eigenvalue weighted by Gasteiger charge is 2.34. The van der Waals surface area contributed by atoms with Crippen LogP contribution in [0.25, 0.3) is 0 Å². The summed E-state index contributed by atoms with van der Waals surface area (Å²) < 4.78 is 9.14. The van der Waals surface area contributed by atoms with Gasteiger partial charge < -0.3 is 15.4 Å². The summed E-state index contributed by atoms with van der Waals surface area (Å²) in [4.78, 5) is 4.76. The number of fused-ring (bicyclic) bond motifs is 1. The van der Waals surface area contributed by atoms with E-state index in [0.717, 1.165) is 17.7 Å². The maximum Gasteiger partial charge on any atom is 0.122 e. The Balaban J connectivity index is 1.56. The summed E-state index contributed by atoms with van der Waals surface area (Å²) in [5.74, 6) is 0.972. The van der Waals surface area contributed by atoms with Crippen molar-refractivity contribution in [3.63, 3.8) is 0 Å². The summed E-state index contributed by atoms with van der Waals surface area (Å²) in [6.45, 7) is 0. The van der Waals surface area contributed by atoms with E-state index < -0.39 is 0 Å². The minimum absolute atomic E-state index is 0.0938. The SMILES string of the molecule is COc1ccc2c(c1)SC([C@@H](Cc1ccc(C(=N)N)cc1)NSc1ccccc1)N2C. The van der Waals surface area contributed by atoms with Crippen LogP contribution in [0.15, 0.2) is 82.6 Å². The Labute approximate surface area is 192 Å². The summed E-state index contributed by atoms with van der Waals surface area (Å²) in [5.41, 5.74) is 8.79. The Hall–Kier alpha value is -2.61. The fraction of sp³-hybridized carbons (Fsp3) is 0.208. The van der Waals surface area contributed by atoms with Crippen LogP contribution in [0.3, 0.4) is 0 Å². The first-order valence-electron chi connectivity index (χ1n) is 10.0. The van der Waals surface area contributed by atoms with Crippen LogP contribution in [-0.4, -0.2) is 31.4 Å². The van der Waals surface area contributed by atoms with Crippen molar-refractivity contribution >= 4 is 35.2 Å². The number of amidine groups is 1. The molecule has 1 unspecified atom stereocenters. The Morgan fingerprint density at radius 1 is 1.16 bits per heavy atom. The number of methoxy groups -OCH3 is 1. The van der Waals surface area contributed by atoms with Crippen molar-refractivity contribution in [1.82, 2.24) is 4.72 Å². The van der Waals surface area contributed by atoms with E-state index in [1.807, 2.05) is 36.0 Å². The maximum atomic E-state index is 7.62. The number of rotatable bonds is 8. The van der Waals surface area contributed by atoms with Gasteiger partial charge >= 0.3 is 0 Å². The number of benzene rings is 3. The number of ether oxygens (including phenoxy) is 1. The first-order chi connectivity index (χ1) is 15.0. The molecule has 3 aromatic rings. The molecule has 0 saturated carbocycles. The van der Waals surface area contributed by atoms with Gasteiger partial charge in [0, 0.05) is 22.4 Å². The fourth-order valence-corrected chi connectivity index (χ4v) is 5.87. The molecule has 0 bridgehead atoms. The molecule has 4 N–H and O–H groups in total. The zero-order valence-corrected chi connectivity index (χ0v) is 19.2. The Morgan fingerprint density at radius 3 is 2.58 bits per heavy atom. The number of nitrogens with one attached hydrogen (secondary N) is 2.